The second-order valence-corrected chi connectivity index (χ2v) is 5.41. The molecule has 1 aromatic rings. The number of phenolic OH excluding ortho intramolecular Hbond substituents is 1. The Labute approximate surface area is 121 Å². The molecule has 0 bridgehead atoms. The molecule has 1 aliphatic rings. The monoisotopic (exact) mass is 297 g/mol. The lowest BCUT2D eigenvalue weighted by atomic mass is 9.84. The smallest absolute Gasteiger partial charge is 0.308 e. The number of hydrogen-bond acceptors (Lipinski definition) is 3. The molecule has 2 atom stereocenters. The molecule has 1 fully saturated rings. The number of carboxylic acids is 1. The number of benzene rings is 1. The molecule has 1 aromatic carbocycles. The van der Waals surface area contributed by atoms with Crippen LogP contribution in [-0.2, 0) is 4.79 Å². The first-order chi connectivity index (χ1) is 9.49. The molecular formula is C14H16ClNO4. The van der Waals surface area contributed by atoms with E-state index in [-0.39, 0.29) is 11.3 Å². The van der Waals surface area contributed by atoms with Crippen LogP contribution in [0.25, 0.3) is 0 Å². The third-order valence-corrected chi connectivity index (χ3v) is 3.84. The molecule has 108 valence electrons. The van der Waals surface area contributed by atoms with Gasteiger partial charge >= 0.3 is 5.97 Å². The van der Waals surface area contributed by atoms with Gasteiger partial charge < -0.3 is 15.5 Å². The summed E-state index contributed by atoms with van der Waals surface area (Å²) < 4.78 is 0. The second kappa shape index (κ2) is 6.13. The van der Waals surface area contributed by atoms with Gasteiger partial charge in [0.1, 0.15) is 5.75 Å². The molecule has 0 saturated heterocycles. The number of nitrogens with one attached hydrogen (secondary N) is 1. The predicted molar refractivity (Wildman–Crippen MR) is 74.0 cm³/mol. The summed E-state index contributed by atoms with van der Waals surface area (Å²) in [5.74, 6) is -2.14. The summed E-state index contributed by atoms with van der Waals surface area (Å²) in [5.41, 5.74) is 0.0622. The Bertz CT molecular complexity index is 532. The number of rotatable bonds is 3. The Balaban J connectivity index is 2.13. The van der Waals surface area contributed by atoms with Gasteiger partial charge in [-0.1, -0.05) is 24.4 Å². The molecule has 0 aliphatic heterocycles. The Kier molecular flexibility index (Phi) is 4.49. The minimum atomic E-state index is -0.898. The van der Waals surface area contributed by atoms with Crippen molar-refractivity contribution in [3.63, 3.8) is 0 Å². The van der Waals surface area contributed by atoms with Gasteiger partial charge in [-0.15, -0.1) is 0 Å². The zero-order chi connectivity index (χ0) is 14.7. The highest BCUT2D eigenvalue weighted by molar-refractivity contribution is 6.31. The van der Waals surface area contributed by atoms with E-state index in [1.165, 1.54) is 18.2 Å². The molecule has 6 heteroatoms. The normalized spacial score (nSPS) is 22.2. The Hall–Kier alpha value is -1.75. The molecule has 0 aromatic heterocycles. The third kappa shape index (κ3) is 3.22. The molecule has 1 amide bonds. The minimum absolute atomic E-state index is 0.0622. The van der Waals surface area contributed by atoms with Crippen LogP contribution in [0.15, 0.2) is 18.2 Å². The summed E-state index contributed by atoms with van der Waals surface area (Å²) >= 11 is 5.80. The molecule has 2 rings (SSSR count). The maximum Gasteiger partial charge on any atom is 0.308 e. The van der Waals surface area contributed by atoms with Crippen molar-refractivity contribution in [1.82, 2.24) is 5.32 Å². The minimum Gasteiger partial charge on any atom is -0.507 e. The van der Waals surface area contributed by atoms with Crippen molar-refractivity contribution in [1.29, 1.82) is 0 Å². The van der Waals surface area contributed by atoms with E-state index in [9.17, 15) is 14.7 Å². The summed E-state index contributed by atoms with van der Waals surface area (Å²) in [6.45, 7) is 0. The van der Waals surface area contributed by atoms with E-state index >= 15 is 0 Å². The van der Waals surface area contributed by atoms with Crippen molar-refractivity contribution in [2.75, 3.05) is 0 Å². The van der Waals surface area contributed by atoms with Crippen molar-refractivity contribution in [2.45, 2.75) is 31.7 Å². The van der Waals surface area contributed by atoms with E-state index in [1.807, 2.05) is 0 Å². The molecule has 0 spiro atoms. The Morgan fingerprint density at radius 2 is 1.95 bits per heavy atom. The third-order valence-electron chi connectivity index (χ3n) is 3.60. The maximum atomic E-state index is 12.1. The van der Waals surface area contributed by atoms with E-state index in [1.54, 1.807) is 0 Å². The van der Waals surface area contributed by atoms with Gasteiger partial charge in [-0.2, -0.15) is 0 Å². The van der Waals surface area contributed by atoms with Crippen LogP contribution in [0.2, 0.25) is 5.02 Å². The number of carboxylic acid groups (broad SMARTS) is 1. The number of carbonyl (C=O) groups excluding carboxylic acids is 1. The molecular weight excluding hydrogens is 282 g/mol. The van der Waals surface area contributed by atoms with Crippen LogP contribution in [-0.4, -0.2) is 28.1 Å². The number of carbonyl (C=O) groups is 2. The first-order valence-electron chi connectivity index (χ1n) is 6.51. The number of aliphatic carboxylic acids is 1. The number of aromatic hydroxyl groups is 1. The first-order valence-corrected chi connectivity index (χ1v) is 6.89. The average Bonchev–Trinajstić information content (AvgIpc) is 2.41. The van der Waals surface area contributed by atoms with Crippen LogP contribution in [0.3, 0.4) is 0 Å². The predicted octanol–water partition coefficient (Wildman–Crippen LogP) is 2.42. The van der Waals surface area contributed by atoms with Crippen LogP contribution in [0.1, 0.15) is 36.0 Å². The largest absolute Gasteiger partial charge is 0.507 e. The lowest BCUT2D eigenvalue weighted by Crippen LogP contribution is -2.45. The van der Waals surface area contributed by atoms with Gasteiger partial charge in [-0.25, -0.2) is 0 Å². The lowest BCUT2D eigenvalue weighted by molar-refractivity contribution is -0.143. The highest BCUT2D eigenvalue weighted by Gasteiger charge is 2.32. The molecule has 1 aliphatic carbocycles. The number of phenols is 1. The van der Waals surface area contributed by atoms with Crippen LogP contribution < -0.4 is 5.32 Å². The fourth-order valence-corrected chi connectivity index (χ4v) is 2.71. The first kappa shape index (κ1) is 14.7. The van der Waals surface area contributed by atoms with Crippen LogP contribution in [0.5, 0.6) is 5.75 Å². The highest BCUT2D eigenvalue weighted by atomic mass is 35.5. The van der Waals surface area contributed by atoms with Crippen molar-refractivity contribution in [2.24, 2.45) is 5.92 Å². The number of hydrogen-bond donors (Lipinski definition) is 3. The van der Waals surface area contributed by atoms with Gasteiger partial charge in [0.15, 0.2) is 0 Å². The number of amides is 1. The summed E-state index contributed by atoms with van der Waals surface area (Å²) in [6, 6.07) is 3.78. The molecule has 2 unspecified atom stereocenters. The van der Waals surface area contributed by atoms with Crippen molar-refractivity contribution < 1.29 is 19.8 Å². The molecule has 3 N–H and O–H groups in total. The quantitative estimate of drug-likeness (QED) is 0.799. The van der Waals surface area contributed by atoms with Crippen LogP contribution in [0.4, 0.5) is 0 Å². The molecule has 20 heavy (non-hydrogen) atoms. The fourth-order valence-electron chi connectivity index (χ4n) is 2.54. The second-order valence-electron chi connectivity index (χ2n) is 4.97. The van der Waals surface area contributed by atoms with Gasteiger partial charge in [-0.05, 0) is 31.0 Å². The zero-order valence-corrected chi connectivity index (χ0v) is 11.6. The molecule has 5 nitrogen and oxygen atoms in total. The molecule has 1 saturated carbocycles. The SMILES string of the molecule is O=C(NC1CCCCC1C(=O)O)c1cc(Cl)ccc1O. The van der Waals surface area contributed by atoms with Crippen LogP contribution >= 0.6 is 11.6 Å². The average molecular weight is 298 g/mol. The van der Waals surface area contributed by atoms with Gasteiger partial charge in [0, 0.05) is 11.1 Å². The lowest BCUT2D eigenvalue weighted by Gasteiger charge is -2.29. The van der Waals surface area contributed by atoms with Crippen LogP contribution in [0, 0.1) is 5.92 Å². The summed E-state index contributed by atoms with van der Waals surface area (Å²) in [5, 5.41) is 21.9. The van der Waals surface area contributed by atoms with Gasteiger partial charge in [0.05, 0.1) is 11.5 Å². The Morgan fingerprint density at radius 1 is 1.25 bits per heavy atom. The maximum absolute atomic E-state index is 12.1. The summed E-state index contributed by atoms with van der Waals surface area (Å²) in [4.78, 5) is 23.3. The van der Waals surface area contributed by atoms with E-state index in [4.69, 9.17) is 16.7 Å². The topological polar surface area (TPSA) is 86.6 Å². The standard InChI is InChI=1S/C14H16ClNO4/c15-8-5-6-12(17)10(7-8)13(18)16-11-4-2-1-3-9(11)14(19)20/h5-7,9,11,17H,1-4H2,(H,16,18)(H,19,20). The summed E-state index contributed by atoms with van der Waals surface area (Å²) in [6.07, 6.45) is 2.92. The Morgan fingerprint density at radius 3 is 2.65 bits per heavy atom. The van der Waals surface area contributed by atoms with Crippen molar-refractivity contribution >= 4 is 23.5 Å². The van der Waals surface area contributed by atoms with Gasteiger partial charge in [0.2, 0.25) is 0 Å². The van der Waals surface area contributed by atoms with Gasteiger partial charge in [-0.3, -0.25) is 9.59 Å². The van der Waals surface area contributed by atoms with Crippen molar-refractivity contribution in [3.05, 3.63) is 28.8 Å². The van der Waals surface area contributed by atoms with E-state index in [2.05, 4.69) is 5.32 Å². The molecule has 0 heterocycles. The zero-order valence-electron chi connectivity index (χ0n) is 10.8. The molecule has 0 radical (unpaired) electrons. The van der Waals surface area contributed by atoms with E-state index in [0.717, 1.165) is 12.8 Å². The summed E-state index contributed by atoms with van der Waals surface area (Å²) in [7, 11) is 0. The number of halogens is 1. The van der Waals surface area contributed by atoms with Crippen molar-refractivity contribution in [3.8, 4) is 5.75 Å². The van der Waals surface area contributed by atoms with Gasteiger partial charge in [0.25, 0.3) is 5.91 Å². The fraction of sp³-hybridized carbons (Fsp3) is 0.429. The highest BCUT2D eigenvalue weighted by Crippen LogP contribution is 2.26. The van der Waals surface area contributed by atoms with E-state index < -0.39 is 23.8 Å². The van der Waals surface area contributed by atoms with E-state index in [0.29, 0.717) is 17.9 Å².